The normalized spacial score (nSPS) is 33.5. The molecule has 1 aromatic carbocycles. The third-order valence-electron chi connectivity index (χ3n) is 4.55. The average Bonchev–Trinajstić information content (AvgIpc) is 2.81. The molecule has 3 atom stereocenters. The summed E-state index contributed by atoms with van der Waals surface area (Å²) < 4.78 is 26.9. The maximum Gasteiger partial charge on any atom is 0.248 e. The summed E-state index contributed by atoms with van der Waals surface area (Å²) in [6.07, 6.45) is -0.0758. The van der Waals surface area contributed by atoms with Crippen molar-refractivity contribution in [3.63, 3.8) is 0 Å². The van der Waals surface area contributed by atoms with Gasteiger partial charge in [-0.1, -0.05) is 30.3 Å². The summed E-state index contributed by atoms with van der Waals surface area (Å²) in [7, 11) is 0. The predicted octanol–water partition coefficient (Wildman–Crippen LogP) is 2.52. The van der Waals surface area contributed by atoms with Crippen LogP contribution >= 0.6 is 0 Å². The van der Waals surface area contributed by atoms with Gasteiger partial charge < -0.3 is 5.11 Å². The Labute approximate surface area is 112 Å². The van der Waals surface area contributed by atoms with Gasteiger partial charge in [0.25, 0.3) is 0 Å². The van der Waals surface area contributed by atoms with E-state index in [1.54, 1.807) is 0 Å². The molecule has 2 nitrogen and oxygen atoms in total. The number of benzene rings is 1. The number of fused-ring (bicyclic) bond motifs is 1. The number of rotatable bonds is 3. The SMILES string of the molecule is OC[C@@H]1[C@H]2CC(F)(F)CC2CN1Cc1ccccc1. The number of likely N-dealkylation sites (tertiary alicyclic amines) is 1. The number of hydrogen-bond acceptors (Lipinski definition) is 2. The smallest absolute Gasteiger partial charge is 0.248 e. The third-order valence-corrected chi connectivity index (χ3v) is 4.55. The van der Waals surface area contributed by atoms with Gasteiger partial charge in [0.1, 0.15) is 0 Å². The lowest BCUT2D eigenvalue weighted by molar-refractivity contribution is -0.00999. The molecule has 1 aliphatic carbocycles. The van der Waals surface area contributed by atoms with Gasteiger partial charge in [-0.05, 0) is 17.4 Å². The van der Waals surface area contributed by atoms with Crippen LogP contribution < -0.4 is 0 Å². The summed E-state index contributed by atoms with van der Waals surface area (Å²) >= 11 is 0. The monoisotopic (exact) mass is 267 g/mol. The van der Waals surface area contributed by atoms with Gasteiger partial charge in [0.2, 0.25) is 5.92 Å². The molecule has 0 spiro atoms. The number of halogens is 2. The van der Waals surface area contributed by atoms with Crippen LogP contribution in [0.3, 0.4) is 0 Å². The summed E-state index contributed by atoms with van der Waals surface area (Å²) in [5.41, 5.74) is 1.17. The van der Waals surface area contributed by atoms with Crippen molar-refractivity contribution in [2.45, 2.75) is 31.4 Å². The van der Waals surface area contributed by atoms with Crippen LogP contribution in [-0.2, 0) is 6.54 Å². The van der Waals surface area contributed by atoms with Crippen molar-refractivity contribution in [1.29, 1.82) is 0 Å². The molecule has 3 rings (SSSR count). The topological polar surface area (TPSA) is 23.5 Å². The zero-order chi connectivity index (χ0) is 13.5. The number of nitrogens with zero attached hydrogens (tertiary/aromatic N) is 1. The molecule has 1 unspecified atom stereocenters. The van der Waals surface area contributed by atoms with E-state index in [4.69, 9.17) is 0 Å². The van der Waals surface area contributed by atoms with Crippen LogP contribution in [-0.4, -0.2) is 35.1 Å². The molecule has 1 saturated heterocycles. The first-order chi connectivity index (χ1) is 9.09. The average molecular weight is 267 g/mol. The molecule has 4 heteroatoms. The van der Waals surface area contributed by atoms with Crippen LogP contribution in [0.25, 0.3) is 0 Å². The Balaban J connectivity index is 1.72. The van der Waals surface area contributed by atoms with Crippen molar-refractivity contribution < 1.29 is 13.9 Å². The van der Waals surface area contributed by atoms with Crippen molar-refractivity contribution in [1.82, 2.24) is 4.90 Å². The highest BCUT2D eigenvalue weighted by Gasteiger charge is 2.54. The fourth-order valence-corrected chi connectivity index (χ4v) is 3.74. The van der Waals surface area contributed by atoms with Crippen molar-refractivity contribution in [2.75, 3.05) is 13.2 Å². The van der Waals surface area contributed by atoms with Gasteiger partial charge in [0, 0.05) is 32.0 Å². The second kappa shape index (κ2) is 4.84. The lowest BCUT2D eigenvalue weighted by atomic mass is 9.94. The van der Waals surface area contributed by atoms with E-state index in [0.29, 0.717) is 6.54 Å². The molecule has 0 radical (unpaired) electrons. The quantitative estimate of drug-likeness (QED) is 0.909. The highest BCUT2D eigenvalue weighted by atomic mass is 19.3. The first kappa shape index (κ1) is 13.0. The molecule has 0 bridgehead atoms. The predicted molar refractivity (Wildman–Crippen MR) is 68.9 cm³/mol. The standard InChI is InChI=1S/C15H19F2NO/c16-15(17)6-12-9-18(14(10-19)13(12)7-15)8-11-4-2-1-3-5-11/h1-5,12-14,19H,6-10H2/t12?,13-,14+/m0/s1. The highest BCUT2D eigenvalue weighted by Crippen LogP contribution is 2.49. The van der Waals surface area contributed by atoms with Crippen LogP contribution in [0.5, 0.6) is 0 Å². The van der Waals surface area contributed by atoms with E-state index in [0.717, 1.165) is 6.54 Å². The first-order valence-electron chi connectivity index (χ1n) is 6.86. The molecule has 0 aromatic heterocycles. The van der Waals surface area contributed by atoms with Crippen LogP contribution in [0.15, 0.2) is 30.3 Å². The summed E-state index contributed by atoms with van der Waals surface area (Å²) in [5.74, 6) is -2.54. The summed E-state index contributed by atoms with van der Waals surface area (Å²) in [4.78, 5) is 2.17. The Hall–Kier alpha value is -1.00. The fraction of sp³-hybridized carbons (Fsp3) is 0.600. The summed E-state index contributed by atoms with van der Waals surface area (Å²) in [5, 5.41) is 9.55. The van der Waals surface area contributed by atoms with Gasteiger partial charge in [0.05, 0.1) is 6.61 Å². The van der Waals surface area contributed by atoms with E-state index < -0.39 is 5.92 Å². The Bertz CT molecular complexity index is 437. The summed E-state index contributed by atoms with van der Waals surface area (Å²) in [6, 6.07) is 9.89. The lowest BCUT2D eigenvalue weighted by Crippen LogP contribution is -2.36. The minimum Gasteiger partial charge on any atom is -0.395 e. The fourth-order valence-electron chi connectivity index (χ4n) is 3.74. The van der Waals surface area contributed by atoms with Gasteiger partial charge in [-0.15, -0.1) is 0 Å². The Morgan fingerprint density at radius 1 is 1.21 bits per heavy atom. The maximum absolute atomic E-state index is 13.4. The van der Waals surface area contributed by atoms with E-state index in [-0.39, 0.29) is 37.3 Å². The molecule has 1 heterocycles. The number of aliphatic hydroxyl groups excluding tert-OH is 1. The second-order valence-electron chi connectivity index (χ2n) is 5.85. The van der Waals surface area contributed by atoms with Gasteiger partial charge in [-0.3, -0.25) is 4.90 Å². The Kier molecular flexibility index (Phi) is 3.31. The van der Waals surface area contributed by atoms with E-state index in [1.165, 1.54) is 5.56 Å². The van der Waals surface area contributed by atoms with Crippen LogP contribution in [0, 0.1) is 11.8 Å². The largest absolute Gasteiger partial charge is 0.395 e. The van der Waals surface area contributed by atoms with E-state index in [1.807, 2.05) is 30.3 Å². The molecule has 2 aliphatic rings. The zero-order valence-corrected chi connectivity index (χ0v) is 10.8. The zero-order valence-electron chi connectivity index (χ0n) is 10.8. The molecule has 2 fully saturated rings. The molecule has 1 N–H and O–H groups in total. The second-order valence-corrected chi connectivity index (χ2v) is 5.85. The van der Waals surface area contributed by atoms with Crippen LogP contribution in [0.1, 0.15) is 18.4 Å². The van der Waals surface area contributed by atoms with Crippen molar-refractivity contribution >= 4 is 0 Å². The lowest BCUT2D eigenvalue weighted by Gasteiger charge is -2.27. The molecular formula is C15H19F2NO. The molecule has 1 aliphatic heterocycles. The first-order valence-corrected chi connectivity index (χ1v) is 6.86. The Morgan fingerprint density at radius 3 is 2.63 bits per heavy atom. The van der Waals surface area contributed by atoms with Gasteiger partial charge in [-0.2, -0.15) is 0 Å². The molecule has 0 amide bonds. The van der Waals surface area contributed by atoms with Crippen LogP contribution in [0.2, 0.25) is 0 Å². The minimum atomic E-state index is -2.53. The van der Waals surface area contributed by atoms with Crippen molar-refractivity contribution in [2.24, 2.45) is 11.8 Å². The molecule has 1 saturated carbocycles. The van der Waals surface area contributed by atoms with Crippen LogP contribution in [0.4, 0.5) is 8.78 Å². The van der Waals surface area contributed by atoms with Crippen molar-refractivity contribution in [3.8, 4) is 0 Å². The third kappa shape index (κ3) is 2.51. The maximum atomic E-state index is 13.4. The van der Waals surface area contributed by atoms with Crippen molar-refractivity contribution in [3.05, 3.63) is 35.9 Å². The van der Waals surface area contributed by atoms with E-state index in [9.17, 15) is 13.9 Å². The number of aliphatic hydroxyl groups is 1. The number of hydrogen-bond donors (Lipinski definition) is 1. The van der Waals surface area contributed by atoms with Gasteiger partial charge in [-0.25, -0.2) is 8.78 Å². The van der Waals surface area contributed by atoms with E-state index >= 15 is 0 Å². The molecule has 1 aromatic rings. The summed E-state index contributed by atoms with van der Waals surface area (Å²) in [6.45, 7) is 1.40. The van der Waals surface area contributed by atoms with E-state index in [2.05, 4.69) is 4.90 Å². The molecule has 19 heavy (non-hydrogen) atoms. The van der Waals surface area contributed by atoms with Gasteiger partial charge in [0.15, 0.2) is 0 Å². The number of alkyl halides is 2. The minimum absolute atomic E-state index is 0.0144. The molecule has 104 valence electrons. The highest BCUT2D eigenvalue weighted by molar-refractivity contribution is 5.15. The molecular weight excluding hydrogens is 248 g/mol. The van der Waals surface area contributed by atoms with Gasteiger partial charge >= 0.3 is 0 Å². The Morgan fingerprint density at radius 2 is 1.95 bits per heavy atom.